The van der Waals surface area contributed by atoms with Crippen molar-refractivity contribution in [1.82, 2.24) is 10.6 Å². The fourth-order valence-electron chi connectivity index (χ4n) is 2.44. The quantitative estimate of drug-likeness (QED) is 0.680. The maximum absolute atomic E-state index is 11.6. The molecule has 1 saturated carbocycles. The van der Waals surface area contributed by atoms with Gasteiger partial charge in [-0.2, -0.15) is 0 Å². The molecule has 5 nitrogen and oxygen atoms in total. The molecule has 0 heterocycles. The van der Waals surface area contributed by atoms with Crippen LogP contribution in [0.15, 0.2) is 0 Å². The molecule has 18 heavy (non-hydrogen) atoms. The van der Waals surface area contributed by atoms with Crippen LogP contribution in [0.25, 0.3) is 0 Å². The summed E-state index contributed by atoms with van der Waals surface area (Å²) in [6.45, 7) is 4.60. The van der Waals surface area contributed by atoms with Gasteiger partial charge in [0.15, 0.2) is 0 Å². The first kappa shape index (κ1) is 14.8. The van der Waals surface area contributed by atoms with Crippen molar-refractivity contribution in [3.8, 4) is 0 Å². The van der Waals surface area contributed by atoms with Gasteiger partial charge in [0, 0.05) is 13.1 Å². The van der Waals surface area contributed by atoms with E-state index < -0.39 is 11.9 Å². The van der Waals surface area contributed by atoms with E-state index in [1.54, 1.807) is 6.92 Å². The maximum Gasteiger partial charge on any atom is 0.314 e. The summed E-state index contributed by atoms with van der Waals surface area (Å²) in [7, 11) is 0. The molecule has 104 valence electrons. The first-order valence-corrected chi connectivity index (χ1v) is 6.73. The minimum absolute atomic E-state index is 0.167. The van der Waals surface area contributed by atoms with Crippen LogP contribution >= 0.6 is 0 Å². The summed E-state index contributed by atoms with van der Waals surface area (Å²) in [4.78, 5) is 22.2. The molecule has 1 aliphatic carbocycles. The number of aliphatic carboxylic acids is 1. The Balaban J connectivity index is 2.26. The highest BCUT2D eigenvalue weighted by atomic mass is 16.4. The zero-order chi connectivity index (χ0) is 13.6. The number of nitrogens with one attached hydrogen (secondary N) is 2. The lowest BCUT2D eigenvalue weighted by molar-refractivity contribution is -0.140. The first-order valence-electron chi connectivity index (χ1n) is 6.73. The minimum atomic E-state index is -0.892. The molecule has 0 aromatic heterocycles. The van der Waals surface area contributed by atoms with E-state index >= 15 is 0 Å². The van der Waals surface area contributed by atoms with E-state index in [1.807, 2.05) is 0 Å². The first-order chi connectivity index (χ1) is 8.49. The largest absolute Gasteiger partial charge is 0.481 e. The van der Waals surface area contributed by atoms with Gasteiger partial charge in [-0.1, -0.05) is 26.7 Å². The minimum Gasteiger partial charge on any atom is -0.481 e. The molecule has 0 radical (unpaired) electrons. The third-order valence-electron chi connectivity index (χ3n) is 4.03. The van der Waals surface area contributed by atoms with Crippen molar-refractivity contribution in [3.63, 3.8) is 0 Å². The van der Waals surface area contributed by atoms with Crippen molar-refractivity contribution >= 4 is 12.0 Å². The van der Waals surface area contributed by atoms with Crippen LogP contribution in [0.3, 0.4) is 0 Å². The number of carbonyl (C=O) groups is 2. The number of hydrogen-bond donors (Lipinski definition) is 3. The number of amides is 2. The SMILES string of the molecule is CCC1(CNC(=O)NCC(C)C(=O)O)CCCC1. The molecule has 0 aromatic rings. The van der Waals surface area contributed by atoms with E-state index in [-0.39, 0.29) is 18.0 Å². The highest BCUT2D eigenvalue weighted by molar-refractivity contribution is 5.75. The van der Waals surface area contributed by atoms with Gasteiger partial charge in [-0.3, -0.25) is 4.79 Å². The highest BCUT2D eigenvalue weighted by Crippen LogP contribution is 2.40. The predicted molar refractivity (Wildman–Crippen MR) is 69.4 cm³/mol. The lowest BCUT2D eigenvalue weighted by Crippen LogP contribution is -2.43. The molecule has 1 fully saturated rings. The molecular weight excluding hydrogens is 232 g/mol. The fourth-order valence-corrected chi connectivity index (χ4v) is 2.44. The van der Waals surface area contributed by atoms with Crippen LogP contribution in [0.1, 0.15) is 46.0 Å². The number of carboxylic acid groups (broad SMARTS) is 1. The van der Waals surface area contributed by atoms with Gasteiger partial charge in [-0.05, 0) is 24.7 Å². The molecule has 1 unspecified atom stereocenters. The van der Waals surface area contributed by atoms with Crippen molar-refractivity contribution in [1.29, 1.82) is 0 Å². The van der Waals surface area contributed by atoms with Gasteiger partial charge in [0.05, 0.1) is 5.92 Å². The summed E-state index contributed by atoms with van der Waals surface area (Å²) in [5.74, 6) is -1.45. The normalized spacial score (nSPS) is 19.2. The summed E-state index contributed by atoms with van der Waals surface area (Å²) < 4.78 is 0. The van der Waals surface area contributed by atoms with Crippen LogP contribution in [-0.2, 0) is 4.79 Å². The molecule has 1 rings (SSSR count). The zero-order valence-electron chi connectivity index (χ0n) is 11.3. The van der Waals surface area contributed by atoms with Gasteiger partial charge >= 0.3 is 12.0 Å². The van der Waals surface area contributed by atoms with E-state index in [2.05, 4.69) is 17.6 Å². The van der Waals surface area contributed by atoms with Crippen molar-refractivity contribution in [2.24, 2.45) is 11.3 Å². The van der Waals surface area contributed by atoms with E-state index in [9.17, 15) is 9.59 Å². The lowest BCUT2D eigenvalue weighted by atomic mass is 9.83. The summed E-state index contributed by atoms with van der Waals surface area (Å²) in [5, 5.41) is 14.2. The van der Waals surface area contributed by atoms with E-state index in [4.69, 9.17) is 5.11 Å². The van der Waals surface area contributed by atoms with E-state index in [0.717, 1.165) is 6.42 Å². The van der Waals surface area contributed by atoms with Gasteiger partial charge in [0.1, 0.15) is 0 Å². The standard InChI is InChI=1S/C13H24N2O3/c1-3-13(6-4-5-7-13)9-15-12(18)14-8-10(2)11(16)17/h10H,3-9H2,1-2H3,(H,16,17)(H2,14,15,18). The maximum atomic E-state index is 11.6. The van der Waals surface area contributed by atoms with E-state index in [1.165, 1.54) is 25.7 Å². The Morgan fingerprint density at radius 1 is 1.28 bits per heavy atom. The highest BCUT2D eigenvalue weighted by Gasteiger charge is 2.32. The summed E-state index contributed by atoms with van der Waals surface area (Å²) in [6, 6.07) is -0.261. The zero-order valence-corrected chi connectivity index (χ0v) is 11.3. The second-order valence-electron chi connectivity index (χ2n) is 5.36. The second kappa shape index (κ2) is 6.61. The third kappa shape index (κ3) is 4.20. The topological polar surface area (TPSA) is 78.4 Å². The van der Waals surface area contributed by atoms with Crippen LogP contribution in [0.2, 0.25) is 0 Å². The van der Waals surface area contributed by atoms with Crippen molar-refractivity contribution < 1.29 is 14.7 Å². The third-order valence-corrected chi connectivity index (χ3v) is 4.03. The Kier molecular flexibility index (Phi) is 5.44. The molecule has 1 atom stereocenters. The lowest BCUT2D eigenvalue weighted by Gasteiger charge is -2.27. The van der Waals surface area contributed by atoms with Gasteiger partial charge in [0.25, 0.3) is 0 Å². The molecule has 0 bridgehead atoms. The number of rotatable bonds is 6. The van der Waals surface area contributed by atoms with Gasteiger partial charge in [-0.25, -0.2) is 4.79 Å². The van der Waals surface area contributed by atoms with Crippen LogP contribution in [0.5, 0.6) is 0 Å². The molecular formula is C13H24N2O3. The Morgan fingerprint density at radius 2 is 1.89 bits per heavy atom. The van der Waals surface area contributed by atoms with Gasteiger partial charge in [-0.15, -0.1) is 0 Å². The number of urea groups is 1. The monoisotopic (exact) mass is 256 g/mol. The summed E-state index contributed by atoms with van der Waals surface area (Å²) in [6.07, 6.45) is 5.92. The molecule has 0 spiro atoms. The van der Waals surface area contributed by atoms with Crippen molar-refractivity contribution in [2.75, 3.05) is 13.1 Å². The molecule has 5 heteroatoms. The second-order valence-corrected chi connectivity index (χ2v) is 5.36. The van der Waals surface area contributed by atoms with Crippen LogP contribution in [0.4, 0.5) is 4.79 Å². The predicted octanol–water partition coefficient (Wildman–Crippen LogP) is 1.98. The Bertz CT molecular complexity index is 299. The Hall–Kier alpha value is -1.26. The number of hydrogen-bond acceptors (Lipinski definition) is 2. The van der Waals surface area contributed by atoms with Crippen LogP contribution in [-0.4, -0.2) is 30.2 Å². The molecule has 0 aliphatic heterocycles. The average Bonchev–Trinajstić information content (AvgIpc) is 2.82. The Labute approximate surface area is 108 Å². The summed E-state index contributed by atoms with van der Waals surface area (Å²) >= 11 is 0. The molecule has 2 amide bonds. The summed E-state index contributed by atoms with van der Waals surface area (Å²) in [5.41, 5.74) is 0.260. The smallest absolute Gasteiger partial charge is 0.314 e. The van der Waals surface area contributed by atoms with Gasteiger partial charge < -0.3 is 15.7 Å². The van der Waals surface area contributed by atoms with Crippen molar-refractivity contribution in [2.45, 2.75) is 46.0 Å². The number of carboxylic acids is 1. The van der Waals surface area contributed by atoms with E-state index in [0.29, 0.717) is 6.54 Å². The fraction of sp³-hybridized carbons (Fsp3) is 0.846. The van der Waals surface area contributed by atoms with Crippen LogP contribution in [0, 0.1) is 11.3 Å². The number of carbonyl (C=O) groups excluding carboxylic acids is 1. The molecule has 0 aromatic carbocycles. The Morgan fingerprint density at radius 3 is 2.39 bits per heavy atom. The molecule has 1 aliphatic rings. The molecule has 0 saturated heterocycles. The van der Waals surface area contributed by atoms with Crippen molar-refractivity contribution in [3.05, 3.63) is 0 Å². The average molecular weight is 256 g/mol. The molecule has 3 N–H and O–H groups in total. The van der Waals surface area contributed by atoms with Crippen LogP contribution < -0.4 is 10.6 Å². The van der Waals surface area contributed by atoms with Gasteiger partial charge in [0.2, 0.25) is 0 Å².